The smallest absolute Gasteiger partial charge is 0.406 e. The summed E-state index contributed by atoms with van der Waals surface area (Å²) in [4.78, 5) is 10.1. The molecular formula is C14H15NO3S. The molecule has 2 aromatic carbocycles. The molecule has 0 heterocycles. The van der Waals surface area contributed by atoms with Gasteiger partial charge in [-0.25, -0.2) is 4.79 Å². The lowest BCUT2D eigenvalue weighted by atomic mass is 9.99. The maximum atomic E-state index is 11.1. The van der Waals surface area contributed by atoms with Crippen molar-refractivity contribution in [3.05, 3.63) is 42.0 Å². The Bertz CT molecular complexity index is 629. The number of ether oxygens (including phenoxy) is 1. The minimum atomic E-state index is -1.03. The third kappa shape index (κ3) is 2.46. The van der Waals surface area contributed by atoms with Crippen LogP contribution in [-0.2, 0) is 9.67 Å². The second-order valence-corrected chi connectivity index (χ2v) is 5.44. The van der Waals surface area contributed by atoms with Crippen LogP contribution in [0.25, 0.3) is 10.8 Å². The van der Waals surface area contributed by atoms with Crippen molar-refractivity contribution in [2.45, 2.75) is 11.9 Å². The number of fused-ring (bicyclic) bond motifs is 1. The van der Waals surface area contributed by atoms with Gasteiger partial charge in [0.2, 0.25) is 0 Å². The summed E-state index contributed by atoms with van der Waals surface area (Å²) in [6.45, 7) is 1.71. The Labute approximate surface area is 115 Å². The SMILES string of the molecule is CSC(C)(OC(N)=O)c1c(O)ccc2ccccc12. The molecule has 4 nitrogen and oxygen atoms in total. The fourth-order valence-electron chi connectivity index (χ4n) is 2.12. The van der Waals surface area contributed by atoms with Crippen LogP contribution in [0.3, 0.4) is 0 Å². The van der Waals surface area contributed by atoms with Gasteiger partial charge in [-0.3, -0.25) is 0 Å². The molecule has 19 heavy (non-hydrogen) atoms. The van der Waals surface area contributed by atoms with E-state index in [0.29, 0.717) is 5.56 Å². The van der Waals surface area contributed by atoms with E-state index in [0.717, 1.165) is 10.8 Å². The van der Waals surface area contributed by atoms with Gasteiger partial charge in [-0.1, -0.05) is 30.3 Å². The standard InChI is InChI=1S/C14H15NO3S/c1-14(19-2,18-13(15)17)12-10-6-4-3-5-9(10)7-8-11(12)16/h3-8,16H,1-2H3,(H2,15,17). The number of benzene rings is 2. The normalized spacial score (nSPS) is 14.0. The Kier molecular flexibility index (Phi) is 3.57. The van der Waals surface area contributed by atoms with Gasteiger partial charge >= 0.3 is 6.09 Å². The zero-order valence-corrected chi connectivity index (χ0v) is 11.5. The summed E-state index contributed by atoms with van der Waals surface area (Å²) in [5.41, 5.74) is 5.68. The molecule has 100 valence electrons. The van der Waals surface area contributed by atoms with E-state index in [-0.39, 0.29) is 5.75 Å². The molecule has 0 radical (unpaired) electrons. The van der Waals surface area contributed by atoms with Gasteiger partial charge in [0.1, 0.15) is 5.75 Å². The van der Waals surface area contributed by atoms with Gasteiger partial charge in [0.25, 0.3) is 0 Å². The van der Waals surface area contributed by atoms with Crippen molar-refractivity contribution in [2.24, 2.45) is 5.73 Å². The quantitative estimate of drug-likeness (QED) is 0.845. The number of nitrogens with two attached hydrogens (primary N) is 1. The zero-order chi connectivity index (χ0) is 14.0. The number of carbonyl (C=O) groups is 1. The third-order valence-corrected chi connectivity index (χ3v) is 4.11. The molecule has 3 N–H and O–H groups in total. The summed E-state index contributed by atoms with van der Waals surface area (Å²) in [6, 6.07) is 11.0. The van der Waals surface area contributed by atoms with Crippen LogP contribution in [0, 0.1) is 0 Å². The Morgan fingerprint density at radius 1 is 1.32 bits per heavy atom. The summed E-state index contributed by atoms with van der Waals surface area (Å²) >= 11 is 1.30. The fraction of sp³-hybridized carbons (Fsp3) is 0.214. The van der Waals surface area contributed by atoms with Gasteiger partial charge in [-0.05, 0) is 30.0 Å². The zero-order valence-electron chi connectivity index (χ0n) is 10.7. The molecule has 0 spiro atoms. The Morgan fingerprint density at radius 2 is 2.00 bits per heavy atom. The third-order valence-electron chi connectivity index (χ3n) is 3.05. The minimum absolute atomic E-state index is 0.0804. The van der Waals surface area contributed by atoms with E-state index in [9.17, 15) is 9.90 Å². The monoisotopic (exact) mass is 277 g/mol. The molecular weight excluding hydrogens is 262 g/mol. The summed E-state index contributed by atoms with van der Waals surface area (Å²) in [6.07, 6.45) is 0.925. The average molecular weight is 277 g/mol. The molecule has 0 aliphatic heterocycles. The summed E-state index contributed by atoms with van der Waals surface area (Å²) in [5.74, 6) is 0.0804. The van der Waals surface area contributed by atoms with Crippen molar-refractivity contribution < 1.29 is 14.6 Å². The summed E-state index contributed by atoms with van der Waals surface area (Å²) in [7, 11) is 0. The van der Waals surface area contributed by atoms with Crippen molar-refractivity contribution in [1.82, 2.24) is 0 Å². The molecule has 0 aliphatic rings. The molecule has 0 saturated carbocycles. The van der Waals surface area contributed by atoms with Crippen molar-refractivity contribution in [3.8, 4) is 5.75 Å². The molecule has 1 atom stereocenters. The lowest BCUT2D eigenvalue weighted by Gasteiger charge is -2.29. The van der Waals surface area contributed by atoms with Crippen molar-refractivity contribution in [2.75, 3.05) is 6.26 Å². The van der Waals surface area contributed by atoms with Crippen molar-refractivity contribution in [1.29, 1.82) is 0 Å². The Morgan fingerprint density at radius 3 is 2.63 bits per heavy atom. The number of phenols is 1. The van der Waals surface area contributed by atoms with Crippen molar-refractivity contribution in [3.63, 3.8) is 0 Å². The highest BCUT2D eigenvalue weighted by molar-refractivity contribution is 7.99. The molecule has 0 bridgehead atoms. The molecule has 2 rings (SSSR count). The van der Waals surface area contributed by atoms with E-state index in [4.69, 9.17) is 10.5 Å². The molecule has 5 heteroatoms. The first-order valence-corrected chi connectivity index (χ1v) is 6.95. The molecule has 1 unspecified atom stereocenters. The Hall–Kier alpha value is -1.88. The van der Waals surface area contributed by atoms with Gasteiger partial charge in [0.15, 0.2) is 4.93 Å². The lowest BCUT2D eigenvalue weighted by molar-refractivity contribution is 0.0945. The van der Waals surface area contributed by atoms with E-state index < -0.39 is 11.0 Å². The predicted molar refractivity (Wildman–Crippen MR) is 77.1 cm³/mol. The van der Waals surface area contributed by atoms with E-state index in [1.165, 1.54) is 11.8 Å². The van der Waals surface area contributed by atoms with Crippen LogP contribution in [0.5, 0.6) is 5.75 Å². The maximum Gasteiger partial charge on any atom is 0.406 e. The second-order valence-electron chi connectivity index (χ2n) is 4.25. The number of primary amides is 1. The largest absolute Gasteiger partial charge is 0.507 e. The number of thioether (sulfide) groups is 1. The number of rotatable bonds is 3. The van der Waals surface area contributed by atoms with Gasteiger partial charge in [-0.2, -0.15) is 0 Å². The fourth-order valence-corrected chi connectivity index (χ4v) is 2.71. The van der Waals surface area contributed by atoms with E-state index in [1.54, 1.807) is 19.2 Å². The van der Waals surface area contributed by atoms with E-state index in [1.807, 2.05) is 30.3 Å². The van der Waals surface area contributed by atoms with E-state index in [2.05, 4.69) is 0 Å². The second kappa shape index (κ2) is 5.01. The minimum Gasteiger partial charge on any atom is -0.507 e. The first-order chi connectivity index (χ1) is 8.98. The molecule has 0 aliphatic carbocycles. The van der Waals surface area contributed by atoms with Gasteiger partial charge in [0.05, 0.1) is 5.56 Å². The van der Waals surface area contributed by atoms with Gasteiger partial charge in [-0.15, -0.1) is 11.8 Å². The van der Waals surface area contributed by atoms with Crippen LogP contribution in [0.1, 0.15) is 12.5 Å². The summed E-state index contributed by atoms with van der Waals surface area (Å²) < 4.78 is 5.20. The first-order valence-electron chi connectivity index (χ1n) is 5.73. The number of hydrogen-bond donors (Lipinski definition) is 2. The molecule has 1 amide bonds. The molecule has 0 fully saturated rings. The number of aromatic hydroxyl groups is 1. The van der Waals surface area contributed by atoms with Crippen LogP contribution in [0.4, 0.5) is 4.79 Å². The number of amides is 1. The lowest BCUT2D eigenvalue weighted by Crippen LogP contribution is -2.29. The Balaban J connectivity index is 2.72. The average Bonchev–Trinajstić information content (AvgIpc) is 2.37. The van der Waals surface area contributed by atoms with Crippen LogP contribution < -0.4 is 5.73 Å². The highest BCUT2D eigenvalue weighted by Gasteiger charge is 2.34. The van der Waals surface area contributed by atoms with Crippen LogP contribution in [0.2, 0.25) is 0 Å². The number of carbonyl (C=O) groups excluding carboxylic acids is 1. The predicted octanol–water partition coefficient (Wildman–Crippen LogP) is 3.18. The topological polar surface area (TPSA) is 72.5 Å². The molecule has 2 aromatic rings. The maximum absolute atomic E-state index is 11.1. The van der Waals surface area contributed by atoms with Crippen LogP contribution >= 0.6 is 11.8 Å². The highest BCUT2D eigenvalue weighted by Crippen LogP contribution is 2.44. The number of hydrogen-bond acceptors (Lipinski definition) is 4. The first kappa shape index (κ1) is 13.5. The van der Waals surface area contributed by atoms with Crippen molar-refractivity contribution >= 4 is 28.6 Å². The van der Waals surface area contributed by atoms with E-state index >= 15 is 0 Å². The number of phenolic OH excluding ortho intramolecular Hbond substituents is 1. The summed E-state index contributed by atoms with van der Waals surface area (Å²) in [5, 5.41) is 11.9. The van der Waals surface area contributed by atoms with Crippen LogP contribution in [-0.4, -0.2) is 17.5 Å². The van der Waals surface area contributed by atoms with Crippen LogP contribution in [0.15, 0.2) is 36.4 Å². The molecule has 0 aromatic heterocycles. The van der Waals surface area contributed by atoms with Gasteiger partial charge in [0, 0.05) is 0 Å². The highest BCUT2D eigenvalue weighted by atomic mass is 32.2. The molecule has 0 saturated heterocycles. The van der Waals surface area contributed by atoms with Gasteiger partial charge < -0.3 is 15.6 Å².